The summed E-state index contributed by atoms with van der Waals surface area (Å²) in [5.41, 5.74) is 0.742. The van der Waals surface area contributed by atoms with E-state index in [0.29, 0.717) is 24.4 Å². The van der Waals surface area contributed by atoms with Crippen molar-refractivity contribution in [3.63, 3.8) is 0 Å². The Hall–Kier alpha value is -1.73. The highest BCUT2D eigenvalue weighted by molar-refractivity contribution is 9.10. The molecule has 1 aliphatic heterocycles. The van der Waals surface area contributed by atoms with E-state index in [1.165, 1.54) is 6.33 Å². The molecule has 1 saturated heterocycles. The number of rotatable bonds is 1. The lowest BCUT2D eigenvalue weighted by atomic mass is 10.2. The van der Waals surface area contributed by atoms with Gasteiger partial charge in [0.1, 0.15) is 6.33 Å². The molecule has 0 radical (unpaired) electrons. The minimum Gasteiger partial charge on any atom is -0.390 e. The van der Waals surface area contributed by atoms with Crippen LogP contribution in [0, 0.1) is 0 Å². The standard InChI is InChI=1S/C13H13BrN4O2/c14-9-1-2-11-10(7-9)12(17-8-16-11)20-13(19)18-5-3-15-4-6-18/h1-2,7-8,15H,3-6H2. The third-order valence-electron chi connectivity index (χ3n) is 3.12. The van der Waals surface area contributed by atoms with Crippen molar-refractivity contribution < 1.29 is 9.53 Å². The van der Waals surface area contributed by atoms with Crippen molar-refractivity contribution in [3.05, 3.63) is 29.0 Å². The zero-order valence-electron chi connectivity index (χ0n) is 10.7. The van der Waals surface area contributed by atoms with Crippen LogP contribution in [0.25, 0.3) is 10.9 Å². The molecule has 20 heavy (non-hydrogen) atoms. The fraction of sp³-hybridized carbons (Fsp3) is 0.308. The molecular formula is C13H13BrN4O2. The predicted molar refractivity (Wildman–Crippen MR) is 77.7 cm³/mol. The summed E-state index contributed by atoms with van der Waals surface area (Å²) in [6.07, 6.45) is 1.03. The maximum absolute atomic E-state index is 12.1. The van der Waals surface area contributed by atoms with E-state index in [-0.39, 0.29) is 6.09 Å². The number of carbonyl (C=O) groups excluding carboxylic acids is 1. The first kappa shape index (κ1) is 13.3. The molecule has 104 valence electrons. The second-order valence-electron chi connectivity index (χ2n) is 4.45. The van der Waals surface area contributed by atoms with E-state index in [4.69, 9.17) is 4.74 Å². The van der Waals surface area contributed by atoms with Gasteiger partial charge in [-0.3, -0.25) is 0 Å². The number of piperazine rings is 1. The van der Waals surface area contributed by atoms with Crippen molar-refractivity contribution in [1.29, 1.82) is 0 Å². The van der Waals surface area contributed by atoms with E-state index in [0.717, 1.165) is 23.1 Å². The van der Waals surface area contributed by atoms with Crippen LogP contribution in [0.15, 0.2) is 29.0 Å². The first-order valence-electron chi connectivity index (χ1n) is 6.32. The Balaban J connectivity index is 1.86. The van der Waals surface area contributed by atoms with Crippen molar-refractivity contribution in [3.8, 4) is 5.88 Å². The maximum Gasteiger partial charge on any atom is 0.416 e. The lowest BCUT2D eigenvalue weighted by Crippen LogP contribution is -2.47. The summed E-state index contributed by atoms with van der Waals surface area (Å²) in [6, 6.07) is 5.58. The molecule has 1 aliphatic rings. The van der Waals surface area contributed by atoms with Crippen molar-refractivity contribution >= 4 is 32.9 Å². The monoisotopic (exact) mass is 336 g/mol. The van der Waals surface area contributed by atoms with Gasteiger partial charge in [-0.25, -0.2) is 14.8 Å². The first-order valence-corrected chi connectivity index (χ1v) is 7.11. The van der Waals surface area contributed by atoms with Gasteiger partial charge in [0.25, 0.3) is 0 Å². The average Bonchev–Trinajstić information content (AvgIpc) is 2.49. The van der Waals surface area contributed by atoms with E-state index < -0.39 is 0 Å². The molecule has 0 bridgehead atoms. The van der Waals surface area contributed by atoms with Gasteiger partial charge in [0.05, 0.1) is 10.9 Å². The molecule has 1 amide bonds. The second-order valence-corrected chi connectivity index (χ2v) is 5.36. The number of ether oxygens (including phenoxy) is 1. The van der Waals surface area contributed by atoms with Gasteiger partial charge in [0, 0.05) is 30.7 Å². The molecule has 7 heteroatoms. The molecule has 1 aromatic heterocycles. The lowest BCUT2D eigenvalue weighted by Gasteiger charge is -2.26. The minimum atomic E-state index is -0.369. The molecule has 1 N–H and O–H groups in total. The molecule has 0 atom stereocenters. The van der Waals surface area contributed by atoms with Crippen LogP contribution in [0.4, 0.5) is 4.79 Å². The fourth-order valence-corrected chi connectivity index (χ4v) is 2.44. The largest absolute Gasteiger partial charge is 0.416 e. The van der Waals surface area contributed by atoms with Crippen molar-refractivity contribution in [2.45, 2.75) is 0 Å². The summed E-state index contributed by atoms with van der Waals surface area (Å²) in [5.74, 6) is 0.292. The van der Waals surface area contributed by atoms with Crippen molar-refractivity contribution in [1.82, 2.24) is 20.2 Å². The van der Waals surface area contributed by atoms with Crippen LogP contribution in [0.2, 0.25) is 0 Å². The summed E-state index contributed by atoms with van der Waals surface area (Å²) in [6.45, 7) is 2.85. The predicted octanol–water partition coefficient (Wildman–Crippen LogP) is 1.80. The maximum atomic E-state index is 12.1. The molecule has 1 fully saturated rings. The van der Waals surface area contributed by atoms with E-state index in [9.17, 15) is 4.79 Å². The molecular weight excluding hydrogens is 324 g/mol. The van der Waals surface area contributed by atoms with Gasteiger partial charge >= 0.3 is 6.09 Å². The lowest BCUT2D eigenvalue weighted by molar-refractivity contribution is 0.144. The minimum absolute atomic E-state index is 0.292. The molecule has 0 spiro atoms. The van der Waals surface area contributed by atoms with Crippen LogP contribution < -0.4 is 10.1 Å². The van der Waals surface area contributed by atoms with E-state index in [2.05, 4.69) is 31.2 Å². The van der Waals surface area contributed by atoms with E-state index in [1.807, 2.05) is 18.2 Å². The third-order valence-corrected chi connectivity index (χ3v) is 3.61. The summed E-state index contributed by atoms with van der Waals surface area (Å²) in [5, 5.41) is 3.90. The quantitative estimate of drug-likeness (QED) is 0.859. The molecule has 0 saturated carbocycles. The first-order chi connectivity index (χ1) is 9.74. The van der Waals surface area contributed by atoms with Gasteiger partial charge in [0.2, 0.25) is 5.88 Å². The summed E-state index contributed by atoms with van der Waals surface area (Å²) < 4.78 is 6.30. The van der Waals surface area contributed by atoms with Crippen LogP contribution in [-0.4, -0.2) is 47.1 Å². The van der Waals surface area contributed by atoms with Crippen LogP contribution in [0.1, 0.15) is 0 Å². The van der Waals surface area contributed by atoms with Gasteiger partial charge in [-0.15, -0.1) is 0 Å². The average molecular weight is 337 g/mol. The molecule has 6 nitrogen and oxygen atoms in total. The van der Waals surface area contributed by atoms with Crippen LogP contribution in [0.3, 0.4) is 0 Å². The Morgan fingerprint density at radius 2 is 2.10 bits per heavy atom. The van der Waals surface area contributed by atoms with Crippen molar-refractivity contribution in [2.75, 3.05) is 26.2 Å². The number of amides is 1. The number of carbonyl (C=O) groups is 1. The second kappa shape index (κ2) is 5.72. The number of halogens is 1. The van der Waals surface area contributed by atoms with Gasteiger partial charge in [0.15, 0.2) is 0 Å². The molecule has 0 aliphatic carbocycles. The Kier molecular flexibility index (Phi) is 3.79. The SMILES string of the molecule is O=C(Oc1ncnc2ccc(Br)cc12)N1CCNCC1. The van der Waals surface area contributed by atoms with Gasteiger partial charge in [-0.1, -0.05) is 15.9 Å². The molecule has 0 unspecified atom stereocenters. The number of hydrogen-bond acceptors (Lipinski definition) is 5. The highest BCUT2D eigenvalue weighted by atomic mass is 79.9. The highest BCUT2D eigenvalue weighted by Gasteiger charge is 2.19. The molecule has 2 heterocycles. The number of hydrogen-bond donors (Lipinski definition) is 1. The van der Waals surface area contributed by atoms with Crippen LogP contribution >= 0.6 is 15.9 Å². The summed E-state index contributed by atoms with van der Waals surface area (Å²) in [7, 11) is 0. The summed E-state index contributed by atoms with van der Waals surface area (Å²) >= 11 is 3.39. The topological polar surface area (TPSA) is 67.3 Å². The van der Waals surface area contributed by atoms with Crippen LogP contribution in [0.5, 0.6) is 5.88 Å². The number of aromatic nitrogens is 2. The van der Waals surface area contributed by atoms with E-state index >= 15 is 0 Å². The number of fused-ring (bicyclic) bond motifs is 1. The highest BCUT2D eigenvalue weighted by Crippen LogP contribution is 2.25. The van der Waals surface area contributed by atoms with Crippen molar-refractivity contribution in [2.24, 2.45) is 0 Å². The number of nitrogens with zero attached hydrogens (tertiary/aromatic N) is 3. The molecule has 3 rings (SSSR count). The molecule has 1 aromatic carbocycles. The normalized spacial score (nSPS) is 15.3. The number of nitrogens with one attached hydrogen (secondary N) is 1. The van der Waals surface area contributed by atoms with Gasteiger partial charge < -0.3 is 15.0 Å². The Morgan fingerprint density at radius 1 is 1.30 bits per heavy atom. The smallest absolute Gasteiger partial charge is 0.390 e. The Bertz CT molecular complexity index is 643. The Morgan fingerprint density at radius 3 is 2.90 bits per heavy atom. The van der Waals surface area contributed by atoms with E-state index in [1.54, 1.807) is 4.90 Å². The third kappa shape index (κ3) is 2.73. The zero-order valence-corrected chi connectivity index (χ0v) is 12.3. The zero-order chi connectivity index (χ0) is 13.9. The Labute approximate surface area is 124 Å². The van der Waals surface area contributed by atoms with Gasteiger partial charge in [-0.05, 0) is 18.2 Å². The summed E-state index contributed by atoms with van der Waals surface area (Å²) in [4.78, 5) is 22.0. The number of benzene rings is 1. The molecule has 2 aromatic rings. The fourth-order valence-electron chi connectivity index (χ4n) is 2.08. The van der Waals surface area contributed by atoms with Crippen LogP contribution in [-0.2, 0) is 0 Å². The van der Waals surface area contributed by atoms with Gasteiger partial charge in [-0.2, -0.15) is 0 Å².